The molecule has 1 aliphatic heterocycles. The Kier molecular flexibility index (Phi) is 14.9. The zero-order valence-electron chi connectivity index (χ0n) is 45.0. The Labute approximate surface area is 470 Å². The van der Waals surface area contributed by atoms with Crippen LogP contribution < -0.4 is 42.1 Å². The Hall–Kier alpha value is -10.5. The minimum Gasteiger partial charge on any atom is -0.507 e. The smallest absolute Gasteiger partial charge is 0.292 e. The number of hydrogen-bond acceptors (Lipinski definition) is 12. The lowest BCUT2D eigenvalue weighted by Gasteiger charge is -2.17. The van der Waals surface area contributed by atoms with Gasteiger partial charge in [-0.15, -0.1) is 11.6 Å². The minimum absolute atomic E-state index is 0.00935. The molecule has 6 aromatic heterocycles. The molecule has 10 rings (SSSR count). The molecule has 0 radical (unpaired) electrons. The van der Waals surface area contributed by atoms with Gasteiger partial charge in [0.1, 0.15) is 22.8 Å². The summed E-state index contributed by atoms with van der Waals surface area (Å²) in [6.45, 7) is 1.77. The topological polar surface area (TPSA) is 323 Å². The number of rotatable bonds is 17. The van der Waals surface area contributed by atoms with Gasteiger partial charge in [-0.2, -0.15) is 0 Å². The third-order valence-electron chi connectivity index (χ3n) is 13.6. The van der Waals surface area contributed by atoms with E-state index in [9.17, 15) is 43.5 Å². The second-order valence-corrected chi connectivity index (χ2v) is 20.0. The lowest BCUT2D eigenvalue weighted by molar-refractivity contribution is -0.116. The van der Waals surface area contributed by atoms with E-state index in [4.69, 9.17) is 11.6 Å². The Balaban J connectivity index is 0.678. The number of nitrogens with zero attached hydrogens (tertiary/aromatic N) is 9. The molecule has 0 bridgehead atoms. The standard InChI is InChI=1S/C55H54ClN17O9/c1-28(74)58-42-25-71(5)48(63-42)53(80)67-44-27-72(6)49(65-44)54(81)66-43-26-70(4)47(64-43)52(79)57-15-9-12-45(76)59-32-18-39(68(2)23-32)51(78)61-33-19-40(69(3)24-33)50(77)60-31-13-14-36-29(16-31)17-37(62-36)55(82)73-22-30(21-56)46-35-11-8-7-10-34(35)41(75)20-38(46)73/h7-8,10-11,13-14,16-20,23-27,30,62,75H,9,12,15,21-22H2,1-6H3,(H,57,79)(H,58,74)(H,59,76)(H,60,77)(H,61,78)(H,66,81)(H,67,80). The van der Waals surface area contributed by atoms with Crippen LogP contribution >= 0.6 is 11.6 Å². The molecule has 1 unspecified atom stereocenters. The van der Waals surface area contributed by atoms with Crippen molar-refractivity contribution in [3.8, 4) is 5.75 Å². The highest BCUT2D eigenvalue weighted by molar-refractivity contribution is 6.19. The van der Waals surface area contributed by atoms with E-state index in [-0.39, 0.29) is 95.1 Å². The number of aromatic amines is 1. The molecule has 420 valence electrons. The van der Waals surface area contributed by atoms with Crippen molar-refractivity contribution in [3.63, 3.8) is 0 Å². The van der Waals surface area contributed by atoms with Crippen LogP contribution in [0.5, 0.6) is 5.75 Å². The van der Waals surface area contributed by atoms with E-state index < -0.39 is 29.5 Å². The average Bonchev–Trinajstić information content (AvgIpc) is 3.29. The first-order valence-electron chi connectivity index (χ1n) is 25.5. The molecule has 0 fully saturated rings. The van der Waals surface area contributed by atoms with Gasteiger partial charge in [0, 0.05) is 132 Å². The van der Waals surface area contributed by atoms with Crippen LogP contribution in [0, 0.1) is 0 Å². The summed E-state index contributed by atoms with van der Waals surface area (Å²) in [5, 5.41) is 31.9. The van der Waals surface area contributed by atoms with Gasteiger partial charge in [-0.1, -0.05) is 24.3 Å². The number of aromatic hydroxyl groups is 1. The molecule has 1 aliphatic rings. The summed E-state index contributed by atoms with van der Waals surface area (Å²) in [5.41, 5.74) is 4.14. The number of amides is 8. The summed E-state index contributed by atoms with van der Waals surface area (Å²) in [7, 11) is 8.00. The molecule has 0 aliphatic carbocycles. The number of hydrogen-bond donors (Lipinski definition) is 9. The predicted octanol–water partition coefficient (Wildman–Crippen LogP) is 6.00. The normalized spacial score (nSPS) is 12.8. The SMILES string of the molecule is CC(=O)Nc1cn(C)c(C(=O)Nc2cn(C)c(C(=O)Nc3cn(C)c(C(=O)NCCCC(=O)Nc4cc(C(=O)Nc5cc(C(=O)Nc6ccc7[nH]c(C(=O)N8CC(CCl)c9c8cc(O)c8ccccc98)cc7c6)n(C)c5)n(C)c4)n3)n2)n1. The molecule has 82 heavy (non-hydrogen) atoms. The highest BCUT2D eigenvalue weighted by Gasteiger charge is 2.35. The number of carbonyl (C=O) groups is 8. The van der Waals surface area contributed by atoms with Crippen LogP contribution in [0.3, 0.4) is 0 Å². The number of halogens is 1. The molecule has 26 nitrogen and oxygen atoms in total. The van der Waals surface area contributed by atoms with Crippen molar-refractivity contribution >= 4 is 121 Å². The van der Waals surface area contributed by atoms with Gasteiger partial charge < -0.3 is 75.0 Å². The second kappa shape index (κ2) is 22.3. The zero-order chi connectivity index (χ0) is 58.3. The molecule has 0 saturated carbocycles. The monoisotopic (exact) mass is 1130 g/mol. The molecule has 0 spiro atoms. The molecule has 8 amide bonds. The number of aromatic nitrogens is 9. The predicted molar refractivity (Wildman–Crippen MR) is 306 cm³/mol. The number of nitrogens with one attached hydrogen (secondary N) is 8. The lowest BCUT2D eigenvalue weighted by atomic mass is 9.95. The van der Waals surface area contributed by atoms with Crippen LogP contribution in [0.2, 0.25) is 0 Å². The number of fused-ring (bicyclic) bond motifs is 4. The first-order chi connectivity index (χ1) is 39.2. The minimum atomic E-state index is -0.676. The Morgan fingerprint density at radius 1 is 0.610 bits per heavy atom. The van der Waals surface area contributed by atoms with Crippen molar-refractivity contribution < 1.29 is 43.5 Å². The number of anilines is 7. The highest BCUT2D eigenvalue weighted by Crippen LogP contribution is 2.45. The van der Waals surface area contributed by atoms with Crippen LogP contribution in [-0.2, 0) is 44.8 Å². The third-order valence-corrected chi connectivity index (χ3v) is 14.0. The Morgan fingerprint density at radius 3 is 1.74 bits per heavy atom. The summed E-state index contributed by atoms with van der Waals surface area (Å²) in [5.74, 6) is -3.41. The molecular formula is C55H54ClN17O9. The number of alkyl halides is 1. The summed E-state index contributed by atoms with van der Waals surface area (Å²) in [6, 6.07) is 19.1. The van der Waals surface area contributed by atoms with E-state index in [0.29, 0.717) is 57.2 Å². The van der Waals surface area contributed by atoms with Gasteiger partial charge in [-0.25, -0.2) is 15.0 Å². The molecule has 27 heteroatoms. The molecule has 9 aromatic rings. The van der Waals surface area contributed by atoms with E-state index >= 15 is 0 Å². The fourth-order valence-corrected chi connectivity index (χ4v) is 10.1. The first-order valence-corrected chi connectivity index (χ1v) is 26.0. The van der Waals surface area contributed by atoms with Crippen molar-refractivity contribution in [2.45, 2.75) is 25.7 Å². The van der Waals surface area contributed by atoms with Crippen LogP contribution in [0.15, 0.2) is 97.7 Å². The van der Waals surface area contributed by atoms with Gasteiger partial charge in [0.25, 0.3) is 35.4 Å². The van der Waals surface area contributed by atoms with Crippen LogP contribution in [0.25, 0.3) is 21.7 Å². The lowest BCUT2D eigenvalue weighted by Crippen LogP contribution is -2.30. The maximum absolute atomic E-state index is 14.0. The maximum Gasteiger partial charge on any atom is 0.292 e. The van der Waals surface area contributed by atoms with E-state index in [1.807, 2.05) is 24.3 Å². The maximum atomic E-state index is 14.0. The highest BCUT2D eigenvalue weighted by atomic mass is 35.5. The zero-order valence-corrected chi connectivity index (χ0v) is 45.7. The summed E-state index contributed by atoms with van der Waals surface area (Å²) < 4.78 is 7.33. The van der Waals surface area contributed by atoms with Gasteiger partial charge >= 0.3 is 0 Å². The Morgan fingerprint density at radius 2 is 1.16 bits per heavy atom. The molecule has 9 N–H and O–H groups in total. The fraction of sp³-hybridized carbons (Fsp3) is 0.218. The van der Waals surface area contributed by atoms with Crippen molar-refractivity contribution in [2.24, 2.45) is 35.2 Å². The van der Waals surface area contributed by atoms with E-state index in [1.165, 1.54) is 51.3 Å². The summed E-state index contributed by atoms with van der Waals surface area (Å²) >= 11 is 6.41. The van der Waals surface area contributed by atoms with Crippen molar-refractivity contribution in [2.75, 3.05) is 55.8 Å². The number of phenols is 1. The molecule has 7 heterocycles. The number of phenolic OH excluding ortho intramolecular Hbond substituents is 1. The van der Waals surface area contributed by atoms with E-state index in [2.05, 4.69) is 57.2 Å². The van der Waals surface area contributed by atoms with Crippen LogP contribution in [0.4, 0.5) is 40.2 Å². The third kappa shape index (κ3) is 11.2. The largest absolute Gasteiger partial charge is 0.507 e. The summed E-state index contributed by atoms with van der Waals surface area (Å²) in [4.78, 5) is 122. The van der Waals surface area contributed by atoms with Crippen molar-refractivity contribution in [3.05, 3.63) is 138 Å². The molecular weight excluding hydrogens is 1080 g/mol. The number of H-pyrrole nitrogens is 1. The van der Waals surface area contributed by atoms with Gasteiger partial charge in [-0.3, -0.25) is 38.4 Å². The van der Waals surface area contributed by atoms with Gasteiger partial charge in [0.15, 0.2) is 17.5 Å². The number of benzene rings is 3. The average molecular weight is 1130 g/mol. The quantitative estimate of drug-likeness (QED) is 0.0374. The number of imidazole rings is 3. The van der Waals surface area contributed by atoms with Gasteiger partial charge in [-0.05, 0) is 53.8 Å². The molecule has 3 aromatic carbocycles. The van der Waals surface area contributed by atoms with Gasteiger partial charge in [0.05, 0.1) is 17.1 Å². The van der Waals surface area contributed by atoms with E-state index in [0.717, 1.165) is 10.9 Å². The second-order valence-electron chi connectivity index (χ2n) is 19.7. The Bertz CT molecular complexity index is 4100. The van der Waals surface area contributed by atoms with Crippen molar-refractivity contribution in [1.82, 2.24) is 48.1 Å². The van der Waals surface area contributed by atoms with Gasteiger partial charge in [0.2, 0.25) is 29.3 Å². The molecule has 0 saturated heterocycles. The van der Waals surface area contributed by atoms with E-state index in [1.54, 1.807) is 92.0 Å². The van der Waals surface area contributed by atoms with Crippen LogP contribution in [0.1, 0.15) is 94.6 Å². The van der Waals surface area contributed by atoms with Crippen molar-refractivity contribution in [1.29, 1.82) is 0 Å². The number of carbonyl (C=O) groups excluding carboxylic acids is 8. The number of aryl methyl sites for hydroxylation is 5. The molecule has 1 atom stereocenters. The summed E-state index contributed by atoms with van der Waals surface area (Å²) in [6.07, 6.45) is 7.77. The van der Waals surface area contributed by atoms with Crippen LogP contribution in [-0.4, -0.2) is 114 Å². The fourth-order valence-electron chi connectivity index (χ4n) is 9.81. The first kappa shape index (κ1) is 54.8.